The van der Waals surface area contributed by atoms with Crippen molar-refractivity contribution in [3.63, 3.8) is 0 Å². The van der Waals surface area contributed by atoms with Crippen LogP contribution in [0.5, 0.6) is 0 Å². The summed E-state index contributed by atoms with van der Waals surface area (Å²) in [6.07, 6.45) is 8.77. The van der Waals surface area contributed by atoms with E-state index in [2.05, 4.69) is 43.1 Å². The molecule has 14 heavy (non-hydrogen) atoms. The summed E-state index contributed by atoms with van der Waals surface area (Å²) in [6, 6.07) is 0. The molecular formula is C12H26N2+2. The third kappa shape index (κ3) is 9.43. The van der Waals surface area contributed by atoms with Crippen LogP contribution in [-0.4, -0.2) is 49.3 Å². The first kappa shape index (κ1) is 13.3. The lowest BCUT2D eigenvalue weighted by Gasteiger charge is -1.98. The van der Waals surface area contributed by atoms with Gasteiger partial charge in [-0.25, -0.2) is 9.15 Å². The Hall–Kier alpha value is -0.660. The van der Waals surface area contributed by atoms with E-state index >= 15 is 0 Å². The van der Waals surface area contributed by atoms with Crippen LogP contribution in [0.15, 0.2) is 0 Å². The first-order valence-electron chi connectivity index (χ1n) is 5.72. The summed E-state index contributed by atoms with van der Waals surface area (Å²) in [5.41, 5.74) is 0. The third-order valence-electron chi connectivity index (χ3n) is 2.37. The SMILES string of the molecule is C=[N+](CC)CCCCCCC=[N+](C)C. The Bertz CT molecular complexity index is 179. The molecule has 0 fully saturated rings. The summed E-state index contributed by atoms with van der Waals surface area (Å²) < 4.78 is 4.26. The minimum Gasteiger partial charge on any atom is -0.245 e. The number of unbranched alkanes of at least 4 members (excludes halogenated alkanes) is 4. The van der Waals surface area contributed by atoms with Crippen LogP contribution in [-0.2, 0) is 0 Å². The second-order valence-electron chi connectivity index (χ2n) is 4.06. The molecule has 0 aromatic carbocycles. The Kier molecular flexibility index (Phi) is 8.50. The highest BCUT2D eigenvalue weighted by molar-refractivity contribution is 5.50. The smallest absolute Gasteiger partial charge is 0.142 e. The number of nitrogens with zero attached hydrogens (tertiary/aromatic N) is 2. The van der Waals surface area contributed by atoms with Gasteiger partial charge in [0, 0.05) is 12.8 Å². The summed E-state index contributed by atoms with van der Waals surface area (Å²) >= 11 is 0. The van der Waals surface area contributed by atoms with Gasteiger partial charge in [0.25, 0.3) is 0 Å². The highest BCUT2D eigenvalue weighted by atomic mass is 15.0. The van der Waals surface area contributed by atoms with Gasteiger partial charge in [0.2, 0.25) is 0 Å². The number of rotatable bonds is 8. The zero-order chi connectivity index (χ0) is 10.8. The lowest BCUT2D eigenvalue weighted by atomic mass is 10.1. The van der Waals surface area contributed by atoms with Crippen molar-refractivity contribution in [1.82, 2.24) is 0 Å². The number of hydrogen-bond acceptors (Lipinski definition) is 0. The predicted octanol–water partition coefficient (Wildman–Crippen LogP) is 2.01. The molecule has 0 unspecified atom stereocenters. The first-order valence-corrected chi connectivity index (χ1v) is 5.72. The summed E-state index contributed by atoms with van der Waals surface area (Å²) in [4.78, 5) is 0. The molecule has 0 aliphatic rings. The van der Waals surface area contributed by atoms with Crippen LogP contribution >= 0.6 is 0 Å². The van der Waals surface area contributed by atoms with Crippen molar-refractivity contribution in [2.24, 2.45) is 0 Å². The van der Waals surface area contributed by atoms with Gasteiger partial charge >= 0.3 is 0 Å². The maximum Gasteiger partial charge on any atom is 0.142 e. The largest absolute Gasteiger partial charge is 0.245 e. The van der Waals surface area contributed by atoms with Gasteiger partial charge in [0.15, 0.2) is 0 Å². The van der Waals surface area contributed by atoms with E-state index in [4.69, 9.17) is 0 Å². The van der Waals surface area contributed by atoms with Crippen LogP contribution in [0.3, 0.4) is 0 Å². The molecule has 2 heteroatoms. The second kappa shape index (κ2) is 8.92. The Morgan fingerprint density at radius 1 is 1.07 bits per heavy atom. The van der Waals surface area contributed by atoms with E-state index in [0.29, 0.717) is 0 Å². The van der Waals surface area contributed by atoms with Crippen molar-refractivity contribution in [1.29, 1.82) is 0 Å². The molecular weight excluding hydrogens is 172 g/mol. The molecule has 0 aliphatic carbocycles. The molecule has 0 spiro atoms. The first-order chi connectivity index (χ1) is 6.66. The van der Waals surface area contributed by atoms with E-state index in [1.165, 1.54) is 32.1 Å². The van der Waals surface area contributed by atoms with Crippen molar-refractivity contribution in [3.8, 4) is 0 Å². The maximum atomic E-state index is 3.93. The Morgan fingerprint density at radius 3 is 2.29 bits per heavy atom. The zero-order valence-electron chi connectivity index (χ0n) is 10.1. The van der Waals surface area contributed by atoms with Gasteiger partial charge in [-0.05, 0) is 19.8 Å². The van der Waals surface area contributed by atoms with Crippen molar-refractivity contribution in [2.75, 3.05) is 27.2 Å². The molecule has 0 aromatic rings. The van der Waals surface area contributed by atoms with Crippen molar-refractivity contribution >= 4 is 12.9 Å². The molecule has 0 rings (SSSR count). The van der Waals surface area contributed by atoms with Gasteiger partial charge in [-0.3, -0.25) is 0 Å². The van der Waals surface area contributed by atoms with Crippen molar-refractivity contribution in [2.45, 2.75) is 39.0 Å². The summed E-state index contributed by atoms with van der Waals surface area (Å²) in [7, 11) is 4.17. The van der Waals surface area contributed by atoms with Gasteiger partial charge in [0.05, 0.1) is 0 Å². The average molecular weight is 198 g/mol. The highest BCUT2D eigenvalue weighted by Gasteiger charge is 1.96. The Morgan fingerprint density at radius 2 is 1.71 bits per heavy atom. The summed E-state index contributed by atoms with van der Waals surface area (Å²) in [6.45, 7) is 8.30. The van der Waals surface area contributed by atoms with Gasteiger partial charge in [-0.15, -0.1) is 0 Å². The molecule has 0 radical (unpaired) electrons. The molecule has 0 saturated heterocycles. The molecule has 0 amide bonds. The quantitative estimate of drug-likeness (QED) is 0.320. The molecule has 2 nitrogen and oxygen atoms in total. The maximum absolute atomic E-state index is 3.93. The van der Waals surface area contributed by atoms with Crippen molar-refractivity contribution in [3.05, 3.63) is 0 Å². The third-order valence-corrected chi connectivity index (χ3v) is 2.37. The molecule has 82 valence electrons. The second-order valence-corrected chi connectivity index (χ2v) is 4.06. The van der Waals surface area contributed by atoms with Gasteiger partial charge in [0.1, 0.15) is 40.1 Å². The number of hydrogen-bond donors (Lipinski definition) is 0. The molecule has 0 aliphatic heterocycles. The fourth-order valence-corrected chi connectivity index (χ4v) is 1.34. The lowest BCUT2D eigenvalue weighted by Crippen LogP contribution is -2.09. The normalized spacial score (nSPS) is 9.93. The standard InChI is InChI=1S/C12H26N2/c1-5-14(4)12-10-8-6-7-9-11-13(2)3/h11H,4-10,12H2,1-3H3/q+2. The summed E-state index contributed by atoms with van der Waals surface area (Å²) in [5, 5.41) is 0. The Labute approximate surface area is 89.0 Å². The van der Waals surface area contributed by atoms with E-state index in [1.807, 2.05) is 0 Å². The monoisotopic (exact) mass is 198 g/mol. The fourth-order valence-electron chi connectivity index (χ4n) is 1.34. The molecule has 0 bridgehead atoms. The topological polar surface area (TPSA) is 6.02 Å². The highest BCUT2D eigenvalue weighted by Crippen LogP contribution is 2.01. The van der Waals surface area contributed by atoms with Crippen LogP contribution in [0, 0.1) is 0 Å². The van der Waals surface area contributed by atoms with E-state index in [0.717, 1.165) is 13.1 Å². The zero-order valence-corrected chi connectivity index (χ0v) is 10.1. The molecule has 0 heterocycles. The molecule has 0 aromatic heterocycles. The van der Waals surface area contributed by atoms with Crippen molar-refractivity contribution < 1.29 is 9.15 Å². The van der Waals surface area contributed by atoms with E-state index in [-0.39, 0.29) is 0 Å². The van der Waals surface area contributed by atoms with Gasteiger partial charge < -0.3 is 0 Å². The van der Waals surface area contributed by atoms with E-state index in [1.54, 1.807) is 0 Å². The predicted molar refractivity (Wildman–Crippen MR) is 64.0 cm³/mol. The molecule has 0 saturated carbocycles. The lowest BCUT2D eigenvalue weighted by molar-refractivity contribution is -0.516. The average Bonchev–Trinajstić information content (AvgIpc) is 2.15. The van der Waals surface area contributed by atoms with Gasteiger partial charge in [-0.2, -0.15) is 0 Å². The minimum atomic E-state index is 1.06. The molecule has 0 atom stereocenters. The van der Waals surface area contributed by atoms with E-state index < -0.39 is 0 Å². The fraction of sp³-hybridized carbons (Fsp3) is 0.833. The van der Waals surface area contributed by atoms with Gasteiger partial charge in [-0.1, -0.05) is 6.42 Å². The molecule has 0 N–H and O–H groups in total. The van der Waals surface area contributed by atoms with Crippen LogP contribution in [0.2, 0.25) is 0 Å². The van der Waals surface area contributed by atoms with Crippen LogP contribution in [0.4, 0.5) is 0 Å². The summed E-state index contributed by atoms with van der Waals surface area (Å²) in [5.74, 6) is 0. The Balaban J connectivity index is 3.14. The van der Waals surface area contributed by atoms with Crippen LogP contribution in [0.1, 0.15) is 39.0 Å². The van der Waals surface area contributed by atoms with Crippen LogP contribution in [0.25, 0.3) is 0 Å². The minimum absolute atomic E-state index is 1.06. The van der Waals surface area contributed by atoms with Crippen LogP contribution < -0.4 is 0 Å². The van der Waals surface area contributed by atoms with E-state index in [9.17, 15) is 0 Å².